The van der Waals surface area contributed by atoms with Crippen LogP contribution in [-0.4, -0.2) is 24.3 Å². The summed E-state index contributed by atoms with van der Waals surface area (Å²) in [7, 11) is 1.10. The van der Waals surface area contributed by atoms with Gasteiger partial charge in [-0.05, 0) is 12.5 Å². The van der Waals surface area contributed by atoms with Gasteiger partial charge in [0.1, 0.15) is 0 Å². The summed E-state index contributed by atoms with van der Waals surface area (Å²) < 4.78 is 18.4. The molecule has 4 heteroatoms. The third-order valence-electron chi connectivity index (χ3n) is 2.28. The maximum Gasteiger partial charge on any atom is 0.338 e. The number of rotatable bonds is 3. The quantitative estimate of drug-likeness (QED) is 0.770. The first-order valence-electron chi connectivity index (χ1n) is 4.50. The van der Waals surface area contributed by atoms with Crippen LogP contribution in [0.3, 0.4) is 0 Å². The van der Waals surface area contributed by atoms with Crippen molar-refractivity contribution in [3.05, 3.63) is 35.9 Å². The summed E-state index contributed by atoms with van der Waals surface area (Å²) in [4.78, 5) is 11.0. The van der Waals surface area contributed by atoms with Gasteiger partial charge in [-0.25, -0.2) is 9.18 Å². The Kier molecular flexibility index (Phi) is 3.42. The van der Waals surface area contributed by atoms with Crippen LogP contribution >= 0.6 is 0 Å². The first kappa shape index (κ1) is 11.7. The second-order valence-electron chi connectivity index (χ2n) is 3.37. The monoisotopic (exact) mass is 212 g/mol. The molecule has 1 N–H and O–H groups in total. The van der Waals surface area contributed by atoms with E-state index in [0.717, 1.165) is 14.0 Å². The van der Waals surface area contributed by atoms with Crippen LogP contribution in [0, 0.1) is 0 Å². The van der Waals surface area contributed by atoms with E-state index >= 15 is 0 Å². The highest BCUT2D eigenvalue weighted by molar-refractivity contribution is 5.76. The van der Waals surface area contributed by atoms with Crippen molar-refractivity contribution in [2.45, 2.75) is 18.7 Å². The molecular formula is C11H13FO3. The minimum Gasteiger partial charge on any atom is -0.467 e. The third kappa shape index (κ3) is 2.33. The number of aliphatic hydroxyl groups excluding tert-OH is 1. The molecule has 0 aliphatic carbocycles. The van der Waals surface area contributed by atoms with Crippen LogP contribution in [0.1, 0.15) is 12.5 Å². The molecule has 15 heavy (non-hydrogen) atoms. The van der Waals surface area contributed by atoms with Gasteiger partial charge in [0.15, 0.2) is 11.8 Å². The van der Waals surface area contributed by atoms with Gasteiger partial charge in [0.25, 0.3) is 0 Å². The Balaban J connectivity index is 2.97. The summed E-state index contributed by atoms with van der Waals surface area (Å²) in [5.74, 6) is -0.983. The second kappa shape index (κ2) is 4.40. The van der Waals surface area contributed by atoms with Crippen molar-refractivity contribution in [2.75, 3.05) is 7.11 Å². The largest absolute Gasteiger partial charge is 0.467 e. The summed E-state index contributed by atoms with van der Waals surface area (Å²) >= 11 is 0. The fraction of sp³-hybridized carbons (Fsp3) is 0.364. The first-order valence-corrected chi connectivity index (χ1v) is 4.50. The van der Waals surface area contributed by atoms with Gasteiger partial charge in [0, 0.05) is 0 Å². The van der Waals surface area contributed by atoms with Gasteiger partial charge >= 0.3 is 5.97 Å². The van der Waals surface area contributed by atoms with E-state index < -0.39 is 17.7 Å². The van der Waals surface area contributed by atoms with E-state index in [-0.39, 0.29) is 5.56 Å². The third-order valence-corrected chi connectivity index (χ3v) is 2.28. The number of carbonyl (C=O) groups excluding carboxylic acids is 1. The van der Waals surface area contributed by atoms with Crippen molar-refractivity contribution >= 4 is 5.97 Å². The zero-order chi connectivity index (χ0) is 11.5. The van der Waals surface area contributed by atoms with Gasteiger partial charge in [0.2, 0.25) is 0 Å². The standard InChI is InChI=1S/C11H13FO3/c1-11(12,9(13)10(14)15-2)8-6-4-3-5-7-8/h3-7,9,13H,1-2H3/t9-,11+/m0/s1. The van der Waals surface area contributed by atoms with Crippen LogP contribution in [-0.2, 0) is 15.2 Å². The minimum atomic E-state index is -2.14. The number of halogens is 1. The molecule has 0 aliphatic heterocycles. The summed E-state index contributed by atoms with van der Waals surface area (Å²) in [6.07, 6.45) is -1.81. The van der Waals surface area contributed by atoms with E-state index in [4.69, 9.17) is 0 Å². The fourth-order valence-corrected chi connectivity index (χ4v) is 1.25. The Morgan fingerprint density at radius 1 is 1.47 bits per heavy atom. The predicted octanol–water partition coefficient (Wildman–Crippen LogP) is 1.41. The Morgan fingerprint density at radius 3 is 2.47 bits per heavy atom. The number of carbonyl (C=O) groups is 1. The molecule has 0 spiro atoms. The number of hydrogen-bond donors (Lipinski definition) is 1. The summed E-state index contributed by atoms with van der Waals surface area (Å²) in [5.41, 5.74) is -1.91. The smallest absolute Gasteiger partial charge is 0.338 e. The molecule has 0 saturated heterocycles. The number of ether oxygens (including phenoxy) is 1. The van der Waals surface area contributed by atoms with Crippen molar-refractivity contribution in [1.29, 1.82) is 0 Å². The van der Waals surface area contributed by atoms with Gasteiger partial charge in [-0.3, -0.25) is 0 Å². The zero-order valence-corrected chi connectivity index (χ0v) is 8.61. The number of benzene rings is 1. The molecule has 2 atom stereocenters. The fourth-order valence-electron chi connectivity index (χ4n) is 1.25. The highest BCUT2D eigenvalue weighted by Gasteiger charge is 2.40. The molecule has 0 heterocycles. The van der Waals surface area contributed by atoms with E-state index in [2.05, 4.69) is 4.74 Å². The highest BCUT2D eigenvalue weighted by Crippen LogP contribution is 2.29. The van der Waals surface area contributed by atoms with E-state index in [1.807, 2.05) is 0 Å². The molecule has 3 nitrogen and oxygen atoms in total. The molecule has 1 aromatic rings. The summed E-state index contributed by atoms with van der Waals surface area (Å²) in [5, 5.41) is 9.45. The molecule has 0 amide bonds. The Hall–Kier alpha value is -1.42. The molecule has 0 radical (unpaired) electrons. The molecule has 0 aromatic heterocycles. The molecule has 0 aliphatic rings. The van der Waals surface area contributed by atoms with Crippen LogP contribution in [0.4, 0.5) is 4.39 Å². The van der Waals surface area contributed by atoms with Crippen LogP contribution < -0.4 is 0 Å². The normalized spacial score (nSPS) is 16.5. The predicted molar refractivity (Wildman–Crippen MR) is 52.9 cm³/mol. The van der Waals surface area contributed by atoms with Crippen LogP contribution in [0.5, 0.6) is 0 Å². The van der Waals surface area contributed by atoms with E-state index in [1.54, 1.807) is 18.2 Å². The summed E-state index contributed by atoms with van der Waals surface area (Å²) in [6.45, 7) is 1.14. The van der Waals surface area contributed by atoms with E-state index in [0.29, 0.717) is 0 Å². The second-order valence-corrected chi connectivity index (χ2v) is 3.37. The maximum atomic E-state index is 14.1. The van der Waals surface area contributed by atoms with E-state index in [1.165, 1.54) is 12.1 Å². The SMILES string of the molecule is COC(=O)[C@H](O)[C@](C)(F)c1ccccc1. The molecule has 0 bridgehead atoms. The lowest BCUT2D eigenvalue weighted by Crippen LogP contribution is -2.39. The number of alkyl halides is 1. The topological polar surface area (TPSA) is 46.5 Å². The van der Waals surface area contributed by atoms with Crippen molar-refractivity contribution in [2.24, 2.45) is 0 Å². The molecule has 1 aromatic carbocycles. The van der Waals surface area contributed by atoms with Crippen molar-refractivity contribution < 1.29 is 19.0 Å². The lowest BCUT2D eigenvalue weighted by Gasteiger charge is -2.24. The lowest BCUT2D eigenvalue weighted by molar-refractivity contribution is -0.159. The minimum absolute atomic E-state index is 0.239. The maximum absolute atomic E-state index is 14.1. The van der Waals surface area contributed by atoms with Crippen molar-refractivity contribution in [3.63, 3.8) is 0 Å². The van der Waals surface area contributed by atoms with Crippen LogP contribution in [0.2, 0.25) is 0 Å². The molecular weight excluding hydrogens is 199 g/mol. The molecule has 0 unspecified atom stereocenters. The van der Waals surface area contributed by atoms with Crippen molar-refractivity contribution in [3.8, 4) is 0 Å². The average Bonchev–Trinajstić information content (AvgIpc) is 2.28. The number of hydrogen-bond acceptors (Lipinski definition) is 3. The van der Waals surface area contributed by atoms with Gasteiger partial charge < -0.3 is 9.84 Å². The Morgan fingerprint density at radius 2 is 2.00 bits per heavy atom. The van der Waals surface area contributed by atoms with Gasteiger partial charge in [-0.2, -0.15) is 0 Å². The zero-order valence-electron chi connectivity index (χ0n) is 8.61. The van der Waals surface area contributed by atoms with Crippen molar-refractivity contribution in [1.82, 2.24) is 0 Å². The number of aliphatic hydroxyl groups is 1. The molecule has 82 valence electrons. The summed E-state index contributed by atoms with van der Waals surface area (Å²) in [6, 6.07) is 8.01. The first-order chi connectivity index (χ1) is 7.00. The molecule has 1 rings (SSSR count). The lowest BCUT2D eigenvalue weighted by atomic mass is 9.92. The Labute approximate surface area is 87.5 Å². The number of methoxy groups -OCH3 is 1. The molecule has 0 fully saturated rings. The molecule has 0 saturated carbocycles. The average molecular weight is 212 g/mol. The Bertz CT molecular complexity index is 335. The highest BCUT2D eigenvalue weighted by atomic mass is 19.1. The van der Waals surface area contributed by atoms with E-state index in [9.17, 15) is 14.3 Å². The van der Waals surface area contributed by atoms with Crippen LogP contribution in [0.15, 0.2) is 30.3 Å². The number of esters is 1. The van der Waals surface area contributed by atoms with Gasteiger partial charge in [-0.15, -0.1) is 0 Å². The van der Waals surface area contributed by atoms with Crippen LogP contribution in [0.25, 0.3) is 0 Å². The van der Waals surface area contributed by atoms with Gasteiger partial charge in [0.05, 0.1) is 7.11 Å². The van der Waals surface area contributed by atoms with Gasteiger partial charge in [-0.1, -0.05) is 30.3 Å².